The van der Waals surface area contributed by atoms with Crippen LogP contribution >= 0.6 is 9.90 Å². The Labute approximate surface area is 150 Å². The van der Waals surface area contributed by atoms with Gasteiger partial charge in [-0.3, -0.25) is 0 Å². The van der Waals surface area contributed by atoms with Crippen LogP contribution in [0, 0.1) is 0 Å². The molecule has 0 fully saturated rings. The van der Waals surface area contributed by atoms with Crippen molar-refractivity contribution in [2.24, 2.45) is 5.73 Å². The van der Waals surface area contributed by atoms with Gasteiger partial charge in [-0.25, -0.2) is 19.2 Å². The Balaban J connectivity index is -0.0000000702. The zero-order chi connectivity index (χ0) is 20.5. The maximum atomic E-state index is 9.60. The number of hydrogen-bond acceptors (Lipinski definition) is 5. The van der Waals surface area contributed by atoms with Crippen LogP contribution in [0.2, 0.25) is 0 Å². The average Bonchev–Trinajstić information content (AvgIpc) is 2.40. The number of amides is 1. The van der Waals surface area contributed by atoms with Crippen LogP contribution in [0.3, 0.4) is 0 Å². The van der Waals surface area contributed by atoms with Crippen molar-refractivity contribution < 1.29 is 39.2 Å². The van der Waals surface area contributed by atoms with Crippen molar-refractivity contribution in [1.82, 2.24) is 0 Å². The second-order valence-electron chi connectivity index (χ2n) is 4.01. The van der Waals surface area contributed by atoms with Crippen LogP contribution in [-0.4, -0.2) is 45.9 Å². The predicted molar refractivity (Wildman–Crippen MR) is 99.7 cm³/mol. The summed E-state index contributed by atoms with van der Waals surface area (Å²) in [5.41, 5.74) is 5.07. The molecule has 25 heavy (non-hydrogen) atoms. The SMILES string of the molecule is C=C(C)C(=O)O.C=C(C)C(=O)O.C=C(C)C(=O)O.CCOC(N)=O.P. The molecular formula is C15H28NO8P. The van der Waals surface area contributed by atoms with Gasteiger partial charge in [0.2, 0.25) is 0 Å². The predicted octanol–water partition coefficient (Wildman–Crippen LogP) is 2.10. The van der Waals surface area contributed by atoms with Crippen molar-refractivity contribution in [3.8, 4) is 0 Å². The number of nitrogens with two attached hydrogens (primary N) is 1. The van der Waals surface area contributed by atoms with E-state index in [9.17, 15) is 19.2 Å². The summed E-state index contributed by atoms with van der Waals surface area (Å²) in [4.78, 5) is 38.4. The lowest BCUT2D eigenvalue weighted by atomic mass is 10.4. The van der Waals surface area contributed by atoms with E-state index in [0.717, 1.165) is 0 Å². The normalized spacial score (nSPS) is 7.20. The zero-order valence-corrected chi connectivity index (χ0v) is 16.4. The Kier molecular flexibility index (Phi) is 28.9. The number of ether oxygens (including phenoxy) is 1. The van der Waals surface area contributed by atoms with Crippen LogP contribution in [0.15, 0.2) is 36.5 Å². The maximum absolute atomic E-state index is 9.60. The lowest BCUT2D eigenvalue weighted by molar-refractivity contribution is -0.133. The van der Waals surface area contributed by atoms with Gasteiger partial charge < -0.3 is 25.8 Å². The molecule has 0 spiro atoms. The number of rotatable bonds is 4. The van der Waals surface area contributed by atoms with Gasteiger partial charge in [0.25, 0.3) is 0 Å². The highest BCUT2D eigenvalue weighted by Crippen LogP contribution is 1.82. The summed E-state index contributed by atoms with van der Waals surface area (Å²) in [5.74, 6) is -2.81. The molecule has 0 aliphatic rings. The van der Waals surface area contributed by atoms with Gasteiger partial charge in [0.1, 0.15) is 0 Å². The lowest BCUT2D eigenvalue weighted by Crippen LogP contribution is -2.11. The van der Waals surface area contributed by atoms with Crippen LogP contribution in [0.25, 0.3) is 0 Å². The minimum Gasteiger partial charge on any atom is -0.478 e. The van der Waals surface area contributed by atoms with Crippen molar-refractivity contribution >= 4 is 33.9 Å². The fraction of sp³-hybridized carbons (Fsp3) is 0.333. The quantitative estimate of drug-likeness (QED) is 0.424. The Bertz CT molecular complexity index is 393. The monoisotopic (exact) mass is 381 g/mol. The van der Waals surface area contributed by atoms with Crippen LogP contribution in [-0.2, 0) is 19.1 Å². The van der Waals surface area contributed by atoms with Gasteiger partial charge in [0.05, 0.1) is 6.61 Å². The van der Waals surface area contributed by atoms with Crippen molar-refractivity contribution in [2.45, 2.75) is 27.7 Å². The number of aliphatic carboxylic acids is 3. The third kappa shape index (κ3) is 52.4. The molecule has 0 aromatic rings. The first-order valence-electron chi connectivity index (χ1n) is 6.29. The van der Waals surface area contributed by atoms with E-state index in [1.165, 1.54) is 20.8 Å². The largest absolute Gasteiger partial charge is 0.478 e. The highest BCUT2D eigenvalue weighted by Gasteiger charge is 1.91. The highest BCUT2D eigenvalue weighted by atomic mass is 31.0. The number of carbonyl (C=O) groups excluding carboxylic acids is 1. The van der Waals surface area contributed by atoms with Crippen molar-refractivity contribution in [3.05, 3.63) is 36.5 Å². The molecule has 9 nitrogen and oxygen atoms in total. The van der Waals surface area contributed by atoms with Gasteiger partial charge in [-0.1, -0.05) is 19.7 Å². The molecule has 0 aromatic heterocycles. The Morgan fingerprint density at radius 3 is 0.960 bits per heavy atom. The molecule has 0 aliphatic heterocycles. The molecule has 146 valence electrons. The maximum Gasteiger partial charge on any atom is 0.404 e. The Hall–Kier alpha value is -2.67. The zero-order valence-electron chi connectivity index (χ0n) is 15.0. The van der Waals surface area contributed by atoms with Crippen LogP contribution in [0.4, 0.5) is 4.79 Å². The van der Waals surface area contributed by atoms with Gasteiger partial charge in [0.15, 0.2) is 0 Å². The van der Waals surface area contributed by atoms with Crippen molar-refractivity contribution in [1.29, 1.82) is 0 Å². The smallest absolute Gasteiger partial charge is 0.404 e. The van der Waals surface area contributed by atoms with E-state index < -0.39 is 24.0 Å². The Morgan fingerprint density at radius 1 is 0.800 bits per heavy atom. The van der Waals surface area contributed by atoms with E-state index in [1.807, 2.05) is 0 Å². The molecule has 1 amide bonds. The van der Waals surface area contributed by atoms with Gasteiger partial charge in [0, 0.05) is 16.7 Å². The van der Waals surface area contributed by atoms with Crippen molar-refractivity contribution in [2.75, 3.05) is 6.61 Å². The third-order valence-electron chi connectivity index (χ3n) is 1.38. The number of primary amides is 1. The van der Waals surface area contributed by atoms with Crippen molar-refractivity contribution in [3.63, 3.8) is 0 Å². The topological polar surface area (TPSA) is 164 Å². The fourth-order valence-corrected chi connectivity index (χ4v) is 0.142. The molecule has 1 unspecified atom stereocenters. The standard InChI is InChI=1S/3C4H6O2.C3H7NO2.H3P/c3*1-3(2)4(5)6;1-2-6-3(4)5;/h3*1H2,2H3,(H,5,6);2H2,1H3,(H2,4,5);1H3. The average molecular weight is 381 g/mol. The van der Waals surface area contributed by atoms with E-state index in [4.69, 9.17) is 15.3 Å². The summed E-state index contributed by atoms with van der Waals surface area (Å²) in [5, 5.41) is 23.7. The van der Waals surface area contributed by atoms with E-state index in [2.05, 4.69) is 30.2 Å². The summed E-state index contributed by atoms with van der Waals surface area (Å²) in [6.07, 6.45) is -0.711. The van der Waals surface area contributed by atoms with E-state index >= 15 is 0 Å². The van der Waals surface area contributed by atoms with Crippen LogP contribution in [0.1, 0.15) is 27.7 Å². The molecule has 0 saturated heterocycles. The second-order valence-corrected chi connectivity index (χ2v) is 4.01. The number of hydrogen-bond donors (Lipinski definition) is 4. The molecule has 1 atom stereocenters. The minimum atomic E-state index is -0.935. The molecular weight excluding hydrogens is 353 g/mol. The summed E-state index contributed by atoms with van der Waals surface area (Å²) in [6.45, 7) is 15.9. The number of carboxylic acid groups (broad SMARTS) is 3. The summed E-state index contributed by atoms with van der Waals surface area (Å²) >= 11 is 0. The van der Waals surface area contributed by atoms with Gasteiger partial charge in [-0.15, -0.1) is 0 Å². The lowest BCUT2D eigenvalue weighted by Gasteiger charge is -1.89. The molecule has 0 rings (SSSR count). The Morgan fingerprint density at radius 2 is 0.960 bits per heavy atom. The molecule has 0 radical (unpaired) electrons. The minimum absolute atomic E-state index is 0. The number of carboxylic acids is 3. The highest BCUT2D eigenvalue weighted by molar-refractivity contribution is 6.92. The van der Waals surface area contributed by atoms with Crippen LogP contribution < -0.4 is 5.73 Å². The van der Waals surface area contributed by atoms with Crippen LogP contribution in [0.5, 0.6) is 0 Å². The summed E-state index contributed by atoms with van der Waals surface area (Å²) < 4.78 is 4.18. The summed E-state index contributed by atoms with van der Waals surface area (Å²) in [7, 11) is 0. The molecule has 10 heteroatoms. The second kappa shape index (κ2) is 21.3. The molecule has 0 heterocycles. The first kappa shape index (κ1) is 33.8. The molecule has 0 aliphatic carbocycles. The molecule has 0 bridgehead atoms. The third-order valence-corrected chi connectivity index (χ3v) is 1.38. The van der Waals surface area contributed by atoms with Gasteiger partial charge >= 0.3 is 24.0 Å². The van der Waals surface area contributed by atoms with E-state index in [-0.39, 0.29) is 26.6 Å². The van der Waals surface area contributed by atoms with E-state index in [0.29, 0.717) is 6.61 Å². The van der Waals surface area contributed by atoms with E-state index in [1.54, 1.807) is 6.92 Å². The number of carbonyl (C=O) groups is 4. The summed E-state index contributed by atoms with van der Waals surface area (Å²) in [6, 6.07) is 0. The molecule has 0 aromatic carbocycles. The van der Waals surface area contributed by atoms with Gasteiger partial charge in [-0.05, 0) is 27.7 Å². The molecule has 0 saturated carbocycles. The fourth-order valence-electron chi connectivity index (χ4n) is 0.142. The first-order valence-corrected chi connectivity index (χ1v) is 6.29. The van der Waals surface area contributed by atoms with Gasteiger partial charge in [-0.2, -0.15) is 9.90 Å². The first-order chi connectivity index (χ1) is 10.7. The molecule has 5 N–H and O–H groups in total.